The first-order valence-corrected chi connectivity index (χ1v) is 8.00. The van der Waals surface area contributed by atoms with Gasteiger partial charge in [0.25, 0.3) is 0 Å². The van der Waals surface area contributed by atoms with Gasteiger partial charge < -0.3 is 15.0 Å². The number of ether oxygens (including phenoxy) is 1. The monoisotopic (exact) mass is 305 g/mol. The Kier molecular flexibility index (Phi) is 6.21. The molecule has 122 valence electrons. The van der Waals surface area contributed by atoms with Gasteiger partial charge in [0, 0.05) is 24.8 Å². The molecule has 1 amide bonds. The van der Waals surface area contributed by atoms with E-state index in [1.54, 1.807) is 0 Å². The molecule has 2 rings (SSSR count). The normalized spacial score (nSPS) is 16.7. The van der Waals surface area contributed by atoms with Crippen molar-refractivity contribution in [2.24, 2.45) is 0 Å². The number of hydrogen-bond acceptors (Lipinski definition) is 4. The number of nitrogens with one attached hydrogen (secondary N) is 1. The molecule has 0 aromatic heterocycles. The molecule has 1 N–H and O–H groups in total. The van der Waals surface area contributed by atoms with E-state index < -0.39 is 0 Å². The molecule has 1 aromatic carbocycles. The second-order valence-corrected chi connectivity index (χ2v) is 5.98. The van der Waals surface area contributed by atoms with Crippen molar-refractivity contribution in [3.63, 3.8) is 0 Å². The van der Waals surface area contributed by atoms with E-state index in [9.17, 15) is 4.79 Å². The summed E-state index contributed by atoms with van der Waals surface area (Å²) in [5, 5.41) is 2.95. The fourth-order valence-electron chi connectivity index (χ4n) is 2.80. The van der Waals surface area contributed by atoms with Gasteiger partial charge in [0.2, 0.25) is 5.91 Å². The molecule has 1 aromatic rings. The van der Waals surface area contributed by atoms with Crippen LogP contribution >= 0.6 is 0 Å². The van der Waals surface area contributed by atoms with Gasteiger partial charge in [0.15, 0.2) is 0 Å². The SMILES string of the molecule is CCOc1ccc(NC(=O)CN2CCC(N(C)C)CC2)cc1. The highest BCUT2D eigenvalue weighted by molar-refractivity contribution is 5.92. The Hall–Kier alpha value is -1.59. The number of nitrogens with zero attached hydrogens (tertiary/aromatic N) is 2. The zero-order valence-electron chi connectivity index (χ0n) is 13.8. The smallest absolute Gasteiger partial charge is 0.238 e. The lowest BCUT2D eigenvalue weighted by Gasteiger charge is -2.34. The summed E-state index contributed by atoms with van der Waals surface area (Å²) in [6, 6.07) is 8.15. The number of piperidine rings is 1. The van der Waals surface area contributed by atoms with Crippen LogP contribution in [0.4, 0.5) is 5.69 Å². The number of anilines is 1. The van der Waals surface area contributed by atoms with Crippen molar-refractivity contribution in [2.45, 2.75) is 25.8 Å². The predicted octanol–water partition coefficient (Wildman–Crippen LogP) is 2.05. The third-order valence-corrected chi connectivity index (χ3v) is 4.10. The van der Waals surface area contributed by atoms with Crippen LogP contribution in [-0.4, -0.2) is 62.1 Å². The lowest BCUT2D eigenvalue weighted by Crippen LogP contribution is -2.44. The van der Waals surface area contributed by atoms with E-state index in [1.165, 1.54) is 0 Å². The minimum atomic E-state index is 0.0486. The number of likely N-dealkylation sites (tertiary alicyclic amines) is 1. The van der Waals surface area contributed by atoms with Crippen molar-refractivity contribution in [1.82, 2.24) is 9.80 Å². The largest absolute Gasteiger partial charge is 0.494 e. The fourth-order valence-corrected chi connectivity index (χ4v) is 2.80. The highest BCUT2D eigenvalue weighted by atomic mass is 16.5. The van der Waals surface area contributed by atoms with Crippen molar-refractivity contribution in [1.29, 1.82) is 0 Å². The van der Waals surface area contributed by atoms with E-state index in [0.717, 1.165) is 37.4 Å². The van der Waals surface area contributed by atoms with Gasteiger partial charge >= 0.3 is 0 Å². The molecule has 0 spiro atoms. The number of carbonyl (C=O) groups is 1. The second kappa shape index (κ2) is 8.15. The van der Waals surface area contributed by atoms with Gasteiger partial charge in [-0.25, -0.2) is 0 Å². The molecule has 1 heterocycles. The fraction of sp³-hybridized carbons (Fsp3) is 0.588. The number of hydrogen-bond donors (Lipinski definition) is 1. The minimum absolute atomic E-state index is 0.0486. The van der Waals surface area contributed by atoms with Gasteiger partial charge in [-0.3, -0.25) is 9.69 Å². The Labute approximate surface area is 133 Å². The van der Waals surface area contributed by atoms with Crippen molar-refractivity contribution >= 4 is 11.6 Å². The third-order valence-electron chi connectivity index (χ3n) is 4.10. The number of carbonyl (C=O) groups excluding carboxylic acids is 1. The molecule has 5 heteroatoms. The van der Waals surface area contributed by atoms with Crippen LogP contribution in [0.25, 0.3) is 0 Å². The maximum absolute atomic E-state index is 12.1. The Morgan fingerprint density at radius 3 is 2.45 bits per heavy atom. The molecule has 1 aliphatic rings. The van der Waals surface area contributed by atoms with Crippen molar-refractivity contribution in [3.8, 4) is 5.75 Å². The Balaban J connectivity index is 1.76. The Bertz CT molecular complexity index is 465. The van der Waals surface area contributed by atoms with Gasteiger partial charge in [-0.2, -0.15) is 0 Å². The summed E-state index contributed by atoms with van der Waals surface area (Å²) in [5.41, 5.74) is 0.816. The highest BCUT2D eigenvalue weighted by Gasteiger charge is 2.21. The first kappa shape index (κ1) is 16.8. The van der Waals surface area contributed by atoms with E-state index in [1.807, 2.05) is 31.2 Å². The van der Waals surface area contributed by atoms with E-state index in [2.05, 4.69) is 29.2 Å². The van der Waals surface area contributed by atoms with Crippen LogP contribution in [0.5, 0.6) is 5.75 Å². The number of amides is 1. The second-order valence-electron chi connectivity index (χ2n) is 5.98. The maximum Gasteiger partial charge on any atom is 0.238 e. The van der Waals surface area contributed by atoms with Crippen LogP contribution in [0.1, 0.15) is 19.8 Å². The molecule has 0 radical (unpaired) electrons. The van der Waals surface area contributed by atoms with Crippen LogP contribution < -0.4 is 10.1 Å². The minimum Gasteiger partial charge on any atom is -0.494 e. The molecule has 1 fully saturated rings. The highest BCUT2D eigenvalue weighted by Crippen LogP contribution is 2.16. The molecule has 0 atom stereocenters. The summed E-state index contributed by atoms with van der Waals surface area (Å²) in [7, 11) is 4.25. The predicted molar refractivity (Wildman–Crippen MR) is 89.4 cm³/mol. The molecular weight excluding hydrogens is 278 g/mol. The summed E-state index contributed by atoms with van der Waals surface area (Å²) in [4.78, 5) is 16.6. The molecule has 22 heavy (non-hydrogen) atoms. The first-order valence-electron chi connectivity index (χ1n) is 8.00. The van der Waals surface area contributed by atoms with Crippen LogP contribution in [-0.2, 0) is 4.79 Å². The summed E-state index contributed by atoms with van der Waals surface area (Å²) in [5.74, 6) is 0.874. The van der Waals surface area contributed by atoms with Gasteiger partial charge in [0.05, 0.1) is 13.2 Å². The molecule has 0 bridgehead atoms. The van der Waals surface area contributed by atoms with Crippen molar-refractivity contribution in [3.05, 3.63) is 24.3 Å². The van der Waals surface area contributed by atoms with E-state index in [4.69, 9.17) is 4.74 Å². The third kappa shape index (κ3) is 5.00. The standard InChI is InChI=1S/C17H27N3O2/c1-4-22-16-7-5-14(6-8-16)18-17(21)13-20-11-9-15(10-12-20)19(2)3/h5-8,15H,4,9-13H2,1-3H3,(H,18,21). The molecule has 1 aliphatic heterocycles. The zero-order valence-corrected chi connectivity index (χ0v) is 13.8. The Morgan fingerprint density at radius 2 is 1.91 bits per heavy atom. The van der Waals surface area contributed by atoms with Gasteiger partial charge in [0.1, 0.15) is 5.75 Å². The summed E-state index contributed by atoms with van der Waals surface area (Å²) < 4.78 is 5.39. The molecule has 0 unspecified atom stereocenters. The zero-order chi connectivity index (χ0) is 15.9. The molecular formula is C17H27N3O2. The van der Waals surface area contributed by atoms with Gasteiger partial charge in [-0.05, 0) is 58.1 Å². The van der Waals surface area contributed by atoms with Crippen LogP contribution in [0, 0.1) is 0 Å². The van der Waals surface area contributed by atoms with E-state index in [-0.39, 0.29) is 5.91 Å². The topological polar surface area (TPSA) is 44.8 Å². The molecule has 0 aliphatic carbocycles. The van der Waals surface area contributed by atoms with Crippen LogP contribution in [0.15, 0.2) is 24.3 Å². The van der Waals surface area contributed by atoms with Crippen molar-refractivity contribution < 1.29 is 9.53 Å². The van der Waals surface area contributed by atoms with Crippen LogP contribution in [0.3, 0.4) is 0 Å². The van der Waals surface area contributed by atoms with Crippen molar-refractivity contribution in [2.75, 3.05) is 45.7 Å². The van der Waals surface area contributed by atoms with E-state index >= 15 is 0 Å². The van der Waals surface area contributed by atoms with Gasteiger partial charge in [-0.15, -0.1) is 0 Å². The van der Waals surface area contributed by atoms with Gasteiger partial charge in [-0.1, -0.05) is 0 Å². The summed E-state index contributed by atoms with van der Waals surface area (Å²) in [6.45, 7) is 5.04. The summed E-state index contributed by atoms with van der Waals surface area (Å²) >= 11 is 0. The number of benzene rings is 1. The average Bonchev–Trinajstić information content (AvgIpc) is 2.50. The molecule has 0 saturated carbocycles. The Morgan fingerprint density at radius 1 is 1.27 bits per heavy atom. The summed E-state index contributed by atoms with van der Waals surface area (Å²) in [6.07, 6.45) is 2.26. The number of rotatable bonds is 6. The quantitative estimate of drug-likeness (QED) is 0.874. The maximum atomic E-state index is 12.1. The molecule has 5 nitrogen and oxygen atoms in total. The average molecular weight is 305 g/mol. The van der Waals surface area contributed by atoms with Crippen LogP contribution in [0.2, 0.25) is 0 Å². The lowest BCUT2D eigenvalue weighted by molar-refractivity contribution is -0.117. The molecule has 1 saturated heterocycles. The van der Waals surface area contributed by atoms with E-state index in [0.29, 0.717) is 19.2 Å². The first-order chi connectivity index (χ1) is 10.6. The lowest BCUT2D eigenvalue weighted by atomic mass is 10.0.